The normalized spacial score (nSPS) is 19.5. The predicted molar refractivity (Wildman–Crippen MR) is 86.2 cm³/mol. The zero-order valence-corrected chi connectivity index (χ0v) is 13.8. The fraction of sp³-hybridized carbons (Fsp3) is 0.562. The molecule has 1 saturated heterocycles. The van der Waals surface area contributed by atoms with E-state index in [1.54, 1.807) is 18.2 Å². The molecule has 1 unspecified atom stereocenters. The third-order valence-electron chi connectivity index (χ3n) is 3.92. The Morgan fingerprint density at radius 2 is 2.14 bits per heavy atom. The Morgan fingerprint density at radius 3 is 2.86 bits per heavy atom. The summed E-state index contributed by atoms with van der Waals surface area (Å²) < 4.78 is 5.28. The first-order valence-corrected chi connectivity index (χ1v) is 8.20. The van der Waals surface area contributed by atoms with Crippen molar-refractivity contribution in [3.8, 4) is 0 Å². The van der Waals surface area contributed by atoms with Gasteiger partial charge in [0.05, 0.1) is 22.2 Å². The van der Waals surface area contributed by atoms with Gasteiger partial charge >= 0.3 is 5.97 Å². The van der Waals surface area contributed by atoms with Crippen molar-refractivity contribution in [3.63, 3.8) is 0 Å². The van der Waals surface area contributed by atoms with E-state index in [0.29, 0.717) is 28.3 Å². The second-order valence-corrected chi connectivity index (χ2v) is 6.31. The maximum absolute atomic E-state index is 11.9. The molecule has 21 heavy (non-hydrogen) atoms. The van der Waals surface area contributed by atoms with E-state index in [1.165, 1.54) is 19.3 Å². The highest BCUT2D eigenvalue weighted by atomic mass is 35.5. The lowest BCUT2D eigenvalue weighted by atomic mass is 10.0. The molecule has 0 N–H and O–H groups in total. The Balaban J connectivity index is 1.72. The molecule has 1 heterocycles. The van der Waals surface area contributed by atoms with Crippen LogP contribution in [-0.4, -0.2) is 36.6 Å². The first-order valence-electron chi connectivity index (χ1n) is 7.44. The Kier molecular flexibility index (Phi) is 6.34. The molecular formula is C16H21Cl2NO2. The van der Waals surface area contributed by atoms with Gasteiger partial charge in [-0.05, 0) is 50.9 Å². The molecule has 0 aliphatic carbocycles. The van der Waals surface area contributed by atoms with Crippen molar-refractivity contribution in [2.45, 2.75) is 38.6 Å². The number of hydrogen-bond acceptors (Lipinski definition) is 3. The number of esters is 1. The van der Waals surface area contributed by atoms with Crippen LogP contribution < -0.4 is 0 Å². The highest BCUT2D eigenvalue weighted by Gasteiger charge is 2.17. The van der Waals surface area contributed by atoms with Gasteiger partial charge in [-0.15, -0.1) is 0 Å². The number of hydrogen-bond donors (Lipinski definition) is 0. The third-order valence-corrected chi connectivity index (χ3v) is 4.66. The molecule has 0 radical (unpaired) electrons. The average molecular weight is 330 g/mol. The van der Waals surface area contributed by atoms with Gasteiger partial charge in [-0.25, -0.2) is 4.79 Å². The zero-order chi connectivity index (χ0) is 15.2. The van der Waals surface area contributed by atoms with E-state index in [0.717, 1.165) is 19.5 Å². The van der Waals surface area contributed by atoms with Gasteiger partial charge < -0.3 is 9.64 Å². The Labute approximate surface area is 136 Å². The first-order chi connectivity index (χ1) is 10.1. The molecule has 1 aromatic rings. The van der Waals surface area contributed by atoms with Crippen molar-refractivity contribution >= 4 is 29.2 Å². The average Bonchev–Trinajstić information content (AvgIpc) is 2.48. The minimum Gasteiger partial charge on any atom is -0.462 e. The fourth-order valence-electron chi connectivity index (χ4n) is 2.63. The Hall–Kier alpha value is -0.770. The molecule has 1 aromatic carbocycles. The minimum absolute atomic E-state index is 0.347. The van der Waals surface area contributed by atoms with E-state index in [2.05, 4.69) is 11.8 Å². The van der Waals surface area contributed by atoms with Crippen LogP contribution in [0.25, 0.3) is 0 Å². The van der Waals surface area contributed by atoms with E-state index in [4.69, 9.17) is 27.9 Å². The van der Waals surface area contributed by atoms with Crippen molar-refractivity contribution in [1.82, 2.24) is 4.90 Å². The van der Waals surface area contributed by atoms with Gasteiger partial charge in [0.15, 0.2) is 0 Å². The molecule has 0 saturated carbocycles. The summed E-state index contributed by atoms with van der Waals surface area (Å²) in [6.07, 6.45) is 4.72. The number of benzene rings is 1. The number of ether oxygens (including phenoxy) is 1. The van der Waals surface area contributed by atoms with Crippen LogP contribution in [0.3, 0.4) is 0 Å². The number of nitrogens with zero attached hydrogens (tertiary/aromatic N) is 1. The van der Waals surface area contributed by atoms with Crippen LogP contribution in [0.5, 0.6) is 0 Å². The lowest BCUT2D eigenvalue weighted by Gasteiger charge is -2.33. The summed E-state index contributed by atoms with van der Waals surface area (Å²) in [5.41, 5.74) is 0.441. The summed E-state index contributed by atoms with van der Waals surface area (Å²) in [4.78, 5) is 14.4. The molecule has 2 rings (SSSR count). The maximum Gasteiger partial charge on any atom is 0.338 e. The Morgan fingerprint density at radius 1 is 1.33 bits per heavy atom. The van der Waals surface area contributed by atoms with E-state index in [9.17, 15) is 4.79 Å². The molecule has 3 nitrogen and oxygen atoms in total. The molecule has 0 aromatic heterocycles. The molecule has 0 bridgehead atoms. The number of carbonyl (C=O) groups is 1. The summed E-state index contributed by atoms with van der Waals surface area (Å²) in [6, 6.07) is 5.42. The quantitative estimate of drug-likeness (QED) is 0.591. The predicted octanol–water partition coefficient (Wildman–Crippen LogP) is 4.41. The standard InChI is InChI=1S/C16H21Cl2NO2/c1-12-5-2-3-8-19(12)9-4-10-21-16(20)13-6-7-14(17)15(18)11-13/h6-7,11-12H,2-5,8-10H2,1H3. The molecule has 5 heteroatoms. The topological polar surface area (TPSA) is 29.5 Å². The minimum atomic E-state index is -0.347. The van der Waals surface area contributed by atoms with Gasteiger partial charge in [-0.2, -0.15) is 0 Å². The Bertz CT molecular complexity index is 493. The SMILES string of the molecule is CC1CCCCN1CCCOC(=O)c1ccc(Cl)c(Cl)c1. The van der Waals surface area contributed by atoms with Crippen molar-refractivity contribution in [3.05, 3.63) is 33.8 Å². The lowest BCUT2D eigenvalue weighted by molar-refractivity contribution is 0.0475. The van der Waals surface area contributed by atoms with Gasteiger partial charge in [0.25, 0.3) is 0 Å². The highest BCUT2D eigenvalue weighted by molar-refractivity contribution is 6.42. The number of likely N-dealkylation sites (tertiary alicyclic amines) is 1. The summed E-state index contributed by atoms with van der Waals surface area (Å²) in [6.45, 7) is 4.83. The van der Waals surface area contributed by atoms with Crippen LogP contribution in [0.2, 0.25) is 10.0 Å². The molecule has 0 spiro atoms. The van der Waals surface area contributed by atoms with Gasteiger partial charge in [0.2, 0.25) is 0 Å². The number of rotatable bonds is 5. The molecule has 1 aliphatic rings. The molecule has 1 fully saturated rings. The van der Waals surface area contributed by atoms with E-state index >= 15 is 0 Å². The van der Waals surface area contributed by atoms with Crippen molar-refractivity contribution in [1.29, 1.82) is 0 Å². The van der Waals surface area contributed by atoms with Crippen LogP contribution in [0, 0.1) is 0 Å². The summed E-state index contributed by atoms with van der Waals surface area (Å²) in [7, 11) is 0. The zero-order valence-electron chi connectivity index (χ0n) is 12.3. The van der Waals surface area contributed by atoms with Gasteiger partial charge in [-0.3, -0.25) is 0 Å². The first kappa shape index (κ1) is 16.6. The van der Waals surface area contributed by atoms with Crippen molar-refractivity contribution in [2.24, 2.45) is 0 Å². The van der Waals surface area contributed by atoms with Crippen LogP contribution in [0.4, 0.5) is 0 Å². The van der Waals surface area contributed by atoms with Crippen molar-refractivity contribution in [2.75, 3.05) is 19.7 Å². The molecule has 1 aliphatic heterocycles. The second kappa shape index (κ2) is 8.02. The van der Waals surface area contributed by atoms with Gasteiger partial charge in [0.1, 0.15) is 0 Å². The van der Waals surface area contributed by atoms with Crippen molar-refractivity contribution < 1.29 is 9.53 Å². The number of piperidine rings is 1. The molecule has 0 amide bonds. The van der Waals surface area contributed by atoms with Crippen LogP contribution >= 0.6 is 23.2 Å². The van der Waals surface area contributed by atoms with Gasteiger partial charge in [-0.1, -0.05) is 29.6 Å². The van der Waals surface area contributed by atoms with E-state index < -0.39 is 0 Å². The maximum atomic E-state index is 11.9. The van der Waals surface area contributed by atoms with E-state index in [-0.39, 0.29) is 5.97 Å². The summed E-state index contributed by atoms with van der Waals surface area (Å²) in [5.74, 6) is -0.347. The monoisotopic (exact) mass is 329 g/mol. The second-order valence-electron chi connectivity index (χ2n) is 5.50. The smallest absolute Gasteiger partial charge is 0.338 e. The molecule has 1 atom stereocenters. The number of carbonyl (C=O) groups excluding carboxylic acids is 1. The van der Waals surface area contributed by atoms with Crippen LogP contribution in [0.1, 0.15) is 43.0 Å². The molecular weight excluding hydrogens is 309 g/mol. The van der Waals surface area contributed by atoms with Crippen LogP contribution in [0.15, 0.2) is 18.2 Å². The van der Waals surface area contributed by atoms with Crippen LogP contribution in [-0.2, 0) is 4.74 Å². The third kappa shape index (κ3) is 4.87. The largest absolute Gasteiger partial charge is 0.462 e. The molecule has 116 valence electrons. The summed E-state index contributed by atoms with van der Waals surface area (Å²) >= 11 is 11.7. The van der Waals surface area contributed by atoms with Gasteiger partial charge in [0, 0.05) is 12.6 Å². The number of halogens is 2. The lowest BCUT2D eigenvalue weighted by Crippen LogP contribution is -2.38. The fourth-order valence-corrected chi connectivity index (χ4v) is 2.93. The highest BCUT2D eigenvalue weighted by Crippen LogP contribution is 2.23. The van der Waals surface area contributed by atoms with E-state index in [1.807, 2.05) is 0 Å². The summed E-state index contributed by atoms with van der Waals surface area (Å²) in [5, 5.41) is 0.806.